The molecule has 2 rings (SSSR count). The largest absolute Gasteiger partial charge is 0.407 e. The predicted octanol–water partition coefficient (Wildman–Crippen LogP) is 0.178. The Kier molecular flexibility index (Phi) is 5.21. The van der Waals surface area contributed by atoms with Crippen LogP contribution in [0.3, 0.4) is 0 Å². The summed E-state index contributed by atoms with van der Waals surface area (Å²) >= 11 is 0. The minimum atomic E-state index is -2.27. The van der Waals surface area contributed by atoms with Crippen molar-refractivity contribution in [1.82, 2.24) is 9.55 Å². The molecule has 0 aromatic carbocycles. The Morgan fingerprint density at radius 1 is 1.38 bits per heavy atom. The number of hydrogen-bond acceptors (Lipinski definition) is 6. The third-order valence-electron chi connectivity index (χ3n) is 4.85. The van der Waals surface area contributed by atoms with Gasteiger partial charge in [-0.1, -0.05) is 20.8 Å². The summed E-state index contributed by atoms with van der Waals surface area (Å²) < 4.78 is 13.1. The fourth-order valence-corrected chi connectivity index (χ4v) is 3.65. The summed E-state index contributed by atoms with van der Waals surface area (Å²) in [5.74, 6) is 0. The summed E-state index contributed by atoms with van der Waals surface area (Å²) in [4.78, 5) is 25.5. The fraction of sp³-hybridized carbons (Fsp3) is 0.733. The van der Waals surface area contributed by atoms with Crippen LogP contribution in [0.5, 0.6) is 0 Å². The van der Waals surface area contributed by atoms with E-state index < -0.39 is 50.7 Å². The Labute approximate surface area is 141 Å². The Morgan fingerprint density at radius 3 is 2.50 bits per heavy atom. The smallest absolute Gasteiger partial charge is 0.330 e. The second-order valence-corrected chi connectivity index (χ2v) is 12.4. The lowest BCUT2D eigenvalue weighted by Gasteiger charge is -2.40. The molecular formula is C15H26N2O6Si. The Bertz CT molecular complexity index is 692. The van der Waals surface area contributed by atoms with Crippen molar-refractivity contribution in [3.05, 3.63) is 33.1 Å². The first-order valence-corrected chi connectivity index (χ1v) is 10.8. The summed E-state index contributed by atoms with van der Waals surface area (Å²) in [6.07, 6.45) is -2.36. The highest BCUT2D eigenvalue weighted by Gasteiger charge is 2.50. The van der Waals surface area contributed by atoms with E-state index in [-0.39, 0.29) is 5.04 Å². The summed E-state index contributed by atoms with van der Waals surface area (Å²) in [6.45, 7) is 9.84. The number of ether oxygens (including phenoxy) is 1. The Hall–Kier alpha value is -1.26. The topological polar surface area (TPSA) is 114 Å². The van der Waals surface area contributed by atoms with Crippen LogP contribution in [-0.2, 0) is 9.16 Å². The van der Waals surface area contributed by atoms with Gasteiger partial charge in [-0.2, -0.15) is 0 Å². The highest BCUT2D eigenvalue weighted by Crippen LogP contribution is 2.41. The molecule has 1 aliphatic rings. The number of aromatic amines is 1. The molecule has 136 valence electrons. The van der Waals surface area contributed by atoms with Crippen LogP contribution in [0.15, 0.2) is 21.9 Å². The minimum absolute atomic E-state index is 0.107. The van der Waals surface area contributed by atoms with E-state index in [1.54, 1.807) is 0 Å². The fourth-order valence-electron chi connectivity index (χ4n) is 2.36. The Balaban J connectivity index is 2.41. The van der Waals surface area contributed by atoms with Gasteiger partial charge in [0.15, 0.2) is 14.5 Å². The summed E-state index contributed by atoms with van der Waals surface area (Å²) in [7, 11) is -2.27. The van der Waals surface area contributed by atoms with Gasteiger partial charge in [-0.3, -0.25) is 14.3 Å². The second kappa shape index (κ2) is 6.56. The average molecular weight is 358 g/mol. The lowest BCUT2D eigenvalue weighted by Crippen LogP contribution is -2.49. The average Bonchev–Trinajstić information content (AvgIpc) is 2.74. The molecule has 0 radical (unpaired) electrons. The molecular weight excluding hydrogens is 332 g/mol. The molecule has 3 N–H and O–H groups in total. The van der Waals surface area contributed by atoms with Crippen molar-refractivity contribution in [2.45, 2.75) is 63.4 Å². The maximum absolute atomic E-state index is 12.1. The van der Waals surface area contributed by atoms with Crippen LogP contribution in [0.4, 0.5) is 0 Å². The Morgan fingerprint density at radius 2 is 2.00 bits per heavy atom. The molecule has 8 nitrogen and oxygen atoms in total. The number of aliphatic hydroxyl groups is 2. The molecule has 1 aromatic rings. The SMILES string of the molecule is CC(C)(C)[Si](C)(C)OC1C(n2ccc(=O)[nH]c2=O)OC(CO)[C@@H]1O. The molecule has 1 aliphatic heterocycles. The van der Waals surface area contributed by atoms with Gasteiger partial charge in [0.05, 0.1) is 6.61 Å². The van der Waals surface area contributed by atoms with Crippen LogP contribution in [0.2, 0.25) is 18.1 Å². The molecule has 24 heavy (non-hydrogen) atoms. The van der Waals surface area contributed by atoms with Crippen LogP contribution in [0.1, 0.15) is 27.0 Å². The first-order valence-electron chi connectivity index (χ1n) is 7.91. The minimum Gasteiger partial charge on any atom is -0.407 e. The van der Waals surface area contributed by atoms with Crippen LogP contribution in [0.25, 0.3) is 0 Å². The van der Waals surface area contributed by atoms with Crippen molar-refractivity contribution in [2.24, 2.45) is 0 Å². The molecule has 4 atom stereocenters. The van der Waals surface area contributed by atoms with Gasteiger partial charge in [-0.25, -0.2) is 4.79 Å². The van der Waals surface area contributed by atoms with E-state index in [0.717, 1.165) is 0 Å². The lowest BCUT2D eigenvalue weighted by atomic mass is 10.1. The lowest BCUT2D eigenvalue weighted by molar-refractivity contribution is -0.0534. The van der Waals surface area contributed by atoms with Crippen molar-refractivity contribution in [2.75, 3.05) is 6.61 Å². The van der Waals surface area contributed by atoms with Crippen molar-refractivity contribution in [1.29, 1.82) is 0 Å². The molecule has 9 heteroatoms. The zero-order valence-electron chi connectivity index (χ0n) is 14.6. The van der Waals surface area contributed by atoms with Gasteiger partial charge in [0.25, 0.3) is 5.56 Å². The molecule has 2 heterocycles. The number of aromatic nitrogens is 2. The zero-order chi connectivity index (χ0) is 18.3. The molecule has 0 aliphatic carbocycles. The maximum atomic E-state index is 12.1. The number of hydrogen-bond donors (Lipinski definition) is 3. The number of rotatable bonds is 4. The number of nitrogens with zero attached hydrogens (tertiary/aromatic N) is 1. The molecule has 0 spiro atoms. The van der Waals surface area contributed by atoms with Crippen molar-refractivity contribution in [3.63, 3.8) is 0 Å². The van der Waals surface area contributed by atoms with E-state index in [1.807, 2.05) is 13.1 Å². The van der Waals surface area contributed by atoms with Crippen molar-refractivity contribution < 1.29 is 19.4 Å². The van der Waals surface area contributed by atoms with E-state index in [4.69, 9.17) is 9.16 Å². The van der Waals surface area contributed by atoms with E-state index in [9.17, 15) is 19.8 Å². The van der Waals surface area contributed by atoms with Crippen LogP contribution >= 0.6 is 0 Å². The first kappa shape index (κ1) is 19.1. The standard InChI is InChI=1S/C15H26N2O6Si/c1-15(2,3)24(4,5)23-12-11(20)9(8-18)22-13(12)17-7-6-10(19)16-14(17)21/h6-7,9,11-13,18,20H,8H2,1-5H3,(H,16,19,21)/t9?,11-,12?,13?/m0/s1. The normalized spacial score (nSPS) is 28.3. The molecule has 0 amide bonds. The van der Waals surface area contributed by atoms with Gasteiger partial charge in [-0.05, 0) is 18.1 Å². The van der Waals surface area contributed by atoms with E-state index in [1.165, 1.54) is 16.8 Å². The van der Waals surface area contributed by atoms with Crippen molar-refractivity contribution >= 4 is 8.32 Å². The molecule has 3 unspecified atom stereocenters. The monoisotopic (exact) mass is 358 g/mol. The molecule has 0 bridgehead atoms. The molecule has 0 saturated carbocycles. The number of nitrogens with one attached hydrogen (secondary N) is 1. The number of aliphatic hydroxyl groups excluding tert-OH is 2. The highest BCUT2D eigenvalue weighted by atomic mass is 28.4. The molecule has 1 fully saturated rings. The van der Waals surface area contributed by atoms with Gasteiger partial charge in [0.2, 0.25) is 0 Å². The van der Waals surface area contributed by atoms with Crippen LogP contribution in [0, 0.1) is 0 Å². The first-order chi connectivity index (χ1) is 11.0. The third kappa shape index (κ3) is 3.54. The zero-order valence-corrected chi connectivity index (χ0v) is 15.6. The predicted molar refractivity (Wildman–Crippen MR) is 90.4 cm³/mol. The third-order valence-corrected chi connectivity index (χ3v) is 9.33. The van der Waals surface area contributed by atoms with Gasteiger partial charge in [-0.15, -0.1) is 0 Å². The summed E-state index contributed by atoms with van der Waals surface area (Å²) in [5.41, 5.74) is -1.17. The van der Waals surface area contributed by atoms with E-state index in [2.05, 4.69) is 25.8 Å². The second-order valence-electron chi connectivity index (χ2n) is 7.60. The number of H-pyrrole nitrogens is 1. The van der Waals surface area contributed by atoms with Crippen molar-refractivity contribution in [3.8, 4) is 0 Å². The summed E-state index contributed by atoms with van der Waals surface area (Å²) in [6, 6.07) is 1.20. The van der Waals surface area contributed by atoms with Crippen LogP contribution in [-0.4, -0.2) is 53.0 Å². The quantitative estimate of drug-likeness (QED) is 0.662. The van der Waals surface area contributed by atoms with Gasteiger partial charge in [0.1, 0.15) is 18.3 Å². The van der Waals surface area contributed by atoms with E-state index in [0.29, 0.717) is 0 Å². The van der Waals surface area contributed by atoms with Gasteiger partial charge < -0.3 is 19.4 Å². The highest BCUT2D eigenvalue weighted by molar-refractivity contribution is 6.74. The summed E-state index contributed by atoms with van der Waals surface area (Å²) in [5, 5.41) is 19.8. The molecule has 1 saturated heterocycles. The van der Waals surface area contributed by atoms with E-state index >= 15 is 0 Å². The van der Waals surface area contributed by atoms with Crippen LogP contribution < -0.4 is 11.2 Å². The van der Waals surface area contributed by atoms with Gasteiger partial charge >= 0.3 is 5.69 Å². The van der Waals surface area contributed by atoms with Gasteiger partial charge in [0, 0.05) is 12.3 Å². The molecule has 1 aromatic heterocycles. The maximum Gasteiger partial charge on any atom is 0.330 e.